The maximum atomic E-state index is 6.18. The Hall–Kier alpha value is -0.500. The minimum absolute atomic E-state index is 0.00959. The van der Waals surface area contributed by atoms with Crippen molar-refractivity contribution in [3.63, 3.8) is 0 Å². The van der Waals surface area contributed by atoms with Gasteiger partial charge in [0.1, 0.15) is 0 Å². The number of halogens is 2. The van der Waals surface area contributed by atoms with E-state index in [4.69, 9.17) is 23.2 Å². The van der Waals surface area contributed by atoms with Gasteiger partial charge in [0.2, 0.25) is 0 Å². The first-order valence-corrected chi connectivity index (χ1v) is 6.54. The Bertz CT molecular complexity index is 390. The molecule has 1 aromatic carbocycles. The largest absolute Gasteiger partial charge is 0.316 e. The highest BCUT2D eigenvalue weighted by atomic mass is 35.5. The molecule has 0 saturated carbocycles. The molecule has 0 radical (unpaired) electrons. The summed E-state index contributed by atoms with van der Waals surface area (Å²) in [5, 5.41) is 4.83. The Balaban J connectivity index is 2.86. The van der Waals surface area contributed by atoms with Crippen molar-refractivity contribution < 1.29 is 0 Å². The molecule has 3 heteroatoms. The smallest absolute Gasteiger partial charge is 0.0439 e. The first kappa shape index (κ1) is 14.6. The van der Waals surface area contributed by atoms with Crippen LogP contribution in [0.3, 0.4) is 0 Å². The van der Waals surface area contributed by atoms with Gasteiger partial charge in [-0.15, -0.1) is 6.58 Å². The Morgan fingerprint density at radius 3 is 2.71 bits per heavy atom. The van der Waals surface area contributed by atoms with Gasteiger partial charge in [0, 0.05) is 22.0 Å². The summed E-state index contributed by atoms with van der Waals surface area (Å²) in [4.78, 5) is 0. The van der Waals surface area contributed by atoms with E-state index in [9.17, 15) is 0 Å². The molecule has 0 aliphatic carbocycles. The molecular weight excluding hydrogens is 253 g/mol. The Morgan fingerprint density at radius 1 is 1.41 bits per heavy atom. The van der Waals surface area contributed by atoms with Gasteiger partial charge in [-0.2, -0.15) is 0 Å². The fourth-order valence-electron chi connectivity index (χ4n) is 1.73. The molecule has 0 fully saturated rings. The number of benzene rings is 1. The Morgan fingerprint density at radius 2 is 2.12 bits per heavy atom. The number of nitrogens with one attached hydrogen (secondary N) is 1. The molecule has 0 aromatic heterocycles. The van der Waals surface area contributed by atoms with Gasteiger partial charge in [-0.25, -0.2) is 0 Å². The van der Waals surface area contributed by atoms with Crippen LogP contribution in [-0.4, -0.2) is 13.1 Å². The second-order valence-corrected chi connectivity index (χ2v) is 5.39. The van der Waals surface area contributed by atoms with E-state index in [-0.39, 0.29) is 5.41 Å². The Labute approximate surface area is 114 Å². The summed E-state index contributed by atoms with van der Waals surface area (Å²) in [5.41, 5.74) is 1.06. The van der Waals surface area contributed by atoms with Crippen molar-refractivity contribution in [2.75, 3.05) is 13.1 Å². The third-order valence-electron chi connectivity index (χ3n) is 2.87. The standard InChI is InChI=1S/C14H19Cl2N/c1-4-14(3,10-17-5-2)9-11-8-12(15)6-7-13(11)16/h4,6-8,17H,1,5,9-10H2,2-3H3. The van der Waals surface area contributed by atoms with Gasteiger partial charge < -0.3 is 5.32 Å². The van der Waals surface area contributed by atoms with E-state index in [2.05, 4.69) is 25.7 Å². The second-order valence-electron chi connectivity index (χ2n) is 4.55. The Kier molecular flexibility index (Phi) is 5.51. The van der Waals surface area contributed by atoms with Gasteiger partial charge in [0.25, 0.3) is 0 Å². The summed E-state index contributed by atoms with van der Waals surface area (Å²) in [6.45, 7) is 10.0. The van der Waals surface area contributed by atoms with Gasteiger partial charge in [-0.3, -0.25) is 0 Å². The molecule has 0 heterocycles. The van der Waals surface area contributed by atoms with Crippen molar-refractivity contribution in [3.05, 3.63) is 46.5 Å². The lowest BCUT2D eigenvalue weighted by atomic mass is 9.83. The molecule has 1 unspecified atom stereocenters. The number of hydrogen-bond acceptors (Lipinski definition) is 1. The summed E-state index contributed by atoms with van der Waals surface area (Å²) in [5.74, 6) is 0. The molecule has 1 atom stereocenters. The first-order valence-electron chi connectivity index (χ1n) is 5.79. The van der Waals surface area contributed by atoms with E-state index in [0.717, 1.165) is 35.1 Å². The molecule has 0 bridgehead atoms. The molecule has 17 heavy (non-hydrogen) atoms. The SMILES string of the molecule is C=CC(C)(CNCC)Cc1cc(Cl)ccc1Cl. The summed E-state index contributed by atoms with van der Waals surface area (Å²) in [6, 6.07) is 5.58. The van der Waals surface area contributed by atoms with Crippen LogP contribution in [0.1, 0.15) is 19.4 Å². The van der Waals surface area contributed by atoms with E-state index in [1.54, 1.807) is 0 Å². The van der Waals surface area contributed by atoms with E-state index < -0.39 is 0 Å². The van der Waals surface area contributed by atoms with Crippen LogP contribution >= 0.6 is 23.2 Å². The highest BCUT2D eigenvalue weighted by molar-refractivity contribution is 6.33. The summed E-state index contributed by atoms with van der Waals surface area (Å²) < 4.78 is 0. The third-order valence-corrected chi connectivity index (χ3v) is 3.48. The highest BCUT2D eigenvalue weighted by Gasteiger charge is 2.21. The van der Waals surface area contributed by atoms with Crippen molar-refractivity contribution in [2.45, 2.75) is 20.3 Å². The molecule has 0 saturated heterocycles. The van der Waals surface area contributed by atoms with Crippen molar-refractivity contribution in [3.8, 4) is 0 Å². The third kappa shape index (κ3) is 4.34. The molecule has 1 nitrogen and oxygen atoms in total. The number of rotatable bonds is 6. The number of hydrogen-bond donors (Lipinski definition) is 1. The summed E-state index contributed by atoms with van der Waals surface area (Å²) >= 11 is 12.2. The van der Waals surface area contributed by atoms with Crippen LogP contribution in [-0.2, 0) is 6.42 Å². The molecule has 0 amide bonds. The zero-order chi connectivity index (χ0) is 12.9. The van der Waals surface area contributed by atoms with Crippen molar-refractivity contribution >= 4 is 23.2 Å². The average Bonchev–Trinajstić information content (AvgIpc) is 2.31. The fourth-order valence-corrected chi connectivity index (χ4v) is 2.11. The molecule has 0 spiro atoms. The maximum Gasteiger partial charge on any atom is 0.0439 e. The van der Waals surface area contributed by atoms with Crippen molar-refractivity contribution in [1.82, 2.24) is 5.32 Å². The van der Waals surface area contributed by atoms with Crippen molar-refractivity contribution in [2.24, 2.45) is 5.41 Å². The van der Waals surface area contributed by atoms with Gasteiger partial charge >= 0.3 is 0 Å². The zero-order valence-electron chi connectivity index (χ0n) is 10.4. The van der Waals surface area contributed by atoms with Crippen LogP contribution < -0.4 is 5.32 Å². The van der Waals surface area contributed by atoms with Crippen LogP contribution in [0.5, 0.6) is 0 Å². The van der Waals surface area contributed by atoms with E-state index in [0.29, 0.717) is 0 Å². The molecule has 0 aliphatic heterocycles. The normalized spacial score (nSPS) is 14.4. The predicted octanol–water partition coefficient (Wildman–Crippen LogP) is 4.34. The van der Waals surface area contributed by atoms with Crippen LogP contribution in [0.4, 0.5) is 0 Å². The van der Waals surface area contributed by atoms with Crippen LogP contribution in [0.2, 0.25) is 10.0 Å². The summed E-state index contributed by atoms with van der Waals surface area (Å²) in [7, 11) is 0. The van der Waals surface area contributed by atoms with Gasteiger partial charge in [-0.1, -0.05) is 43.1 Å². The lowest BCUT2D eigenvalue weighted by Gasteiger charge is -2.26. The predicted molar refractivity (Wildman–Crippen MR) is 77.0 cm³/mol. The highest BCUT2D eigenvalue weighted by Crippen LogP contribution is 2.29. The second kappa shape index (κ2) is 6.44. The molecule has 94 valence electrons. The quantitative estimate of drug-likeness (QED) is 0.760. The van der Waals surface area contributed by atoms with Crippen LogP contribution in [0, 0.1) is 5.41 Å². The molecule has 1 rings (SSSR count). The summed E-state index contributed by atoms with van der Waals surface area (Å²) in [6.07, 6.45) is 2.82. The minimum atomic E-state index is -0.00959. The molecule has 1 N–H and O–H groups in total. The maximum absolute atomic E-state index is 6.18. The van der Waals surface area contributed by atoms with E-state index in [1.165, 1.54) is 0 Å². The van der Waals surface area contributed by atoms with E-state index >= 15 is 0 Å². The lowest BCUT2D eigenvalue weighted by Crippen LogP contribution is -2.32. The van der Waals surface area contributed by atoms with Gasteiger partial charge in [0.05, 0.1) is 0 Å². The van der Waals surface area contributed by atoms with E-state index in [1.807, 2.05) is 24.3 Å². The minimum Gasteiger partial charge on any atom is -0.316 e. The molecule has 1 aromatic rings. The molecule has 0 aliphatic rings. The average molecular weight is 272 g/mol. The monoisotopic (exact) mass is 271 g/mol. The first-order chi connectivity index (χ1) is 8.00. The van der Waals surface area contributed by atoms with Gasteiger partial charge in [0.15, 0.2) is 0 Å². The topological polar surface area (TPSA) is 12.0 Å². The van der Waals surface area contributed by atoms with Crippen LogP contribution in [0.15, 0.2) is 30.9 Å². The lowest BCUT2D eigenvalue weighted by molar-refractivity contribution is 0.396. The van der Waals surface area contributed by atoms with Crippen LogP contribution in [0.25, 0.3) is 0 Å². The zero-order valence-corrected chi connectivity index (χ0v) is 11.9. The van der Waals surface area contributed by atoms with Crippen molar-refractivity contribution in [1.29, 1.82) is 0 Å². The molecular formula is C14H19Cl2N. The fraction of sp³-hybridized carbons (Fsp3) is 0.429. The van der Waals surface area contributed by atoms with Gasteiger partial charge in [-0.05, 0) is 36.7 Å².